The highest BCUT2D eigenvalue weighted by atomic mass is 32.1. The molecule has 0 spiro atoms. The Morgan fingerprint density at radius 3 is 3.10 bits per heavy atom. The zero-order valence-corrected chi connectivity index (χ0v) is 12.9. The predicted molar refractivity (Wildman–Crippen MR) is 84.4 cm³/mol. The molecule has 21 heavy (non-hydrogen) atoms. The third-order valence-corrected chi connectivity index (χ3v) is 4.21. The highest BCUT2D eigenvalue weighted by Crippen LogP contribution is 2.32. The predicted octanol–water partition coefficient (Wildman–Crippen LogP) is 1.98. The lowest BCUT2D eigenvalue weighted by molar-refractivity contribution is 0.0396. The summed E-state index contributed by atoms with van der Waals surface area (Å²) in [6.45, 7) is 4.77. The molecule has 0 saturated heterocycles. The Bertz CT molecular complexity index is 603. The molecule has 0 bridgehead atoms. The van der Waals surface area contributed by atoms with Gasteiger partial charge in [0.2, 0.25) is 0 Å². The minimum Gasteiger partial charge on any atom is -0.392 e. The number of hydrogen-bond acceptors (Lipinski definition) is 5. The summed E-state index contributed by atoms with van der Waals surface area (Å²) < 4.78 is 2.10. The minimum atomic E-state index is -0.562. The monoisotopic (exact) mass is 305 g/mol. The van der Waals surface area contributed by atoms with Crippen molar-refractivity contribution in [3.63, 3.8) is 0 Å². The van der Waals surface area contributed by atoms with Crippen LogP contribution in [0.15, 0.2) is 34.9 Å². The van der Waals surface area contributed by atoms with Crippen LogP contribution in [0.5, 0.6) is 0 Å². The van der Waals surface area contributed by atoms with E-state index in [1.165, 1.54) is 0 Å². The maximum absolute atomic E-state index is 9.82. The summed E-state index contributed by atoms with van der Waals surface area (Å²) in [6.07, 6.45) is 1.46. The van der Waals surface area contributed by atoms with Crippen LogP contribution in [0.25, 0.3) is 5.69 Å². The number of fused-ring (bicyclic) bond motifs is 3. The summed E-state index contributed by atoms with van der Waals surface area (Å²) in [4.78, 5) is 6.47. The number of aliphatic hydroxyl groups excluding tert-OH is 1. The second-order valence-corrected chi connectivity index (χ2v) is 6.27. The molecule has 0 fully saturated rings. The third-order valence-electron chi connectivity index (χ3n) is 3.29. The van der Waals surface area contributed by atoms with Crippen molar-refractivity contribution in [2.24, 2.45) is 5.16 Å². The average molecular weight is 305 g/mol. The van der Waals surface area contributed by atoms with Gasteiger partial charge in [0.15, 0.2) is 0 Å². The fraction of sp³-hybridized carbons (Fsp3) is 0.400. The van der Waals surface area contributed by atoms with Crippen molar-refractivity contribution >= 4 is 17.0 Å². The van der Waals surface area contributed by atoms with E-state index in [-0.39, 0.29) is 6.61 Å². The lowest BCUT2D eigenvalue weighted by atomic mass is 10.2. The summed E-state index contributed by atoms with van der Waals surface area (Å²) >= 11 is 1.65. The van der Waals surface area contributed by atoms with E-state index in [1.54, 1.807) is 11.3 Å². The van der Waals surface area contributed by atoms with E-state index < -0.39 is 6.10 Å². The van der Waals surface area contributed by atoms with Crippen LogP contribution in [-0.2, 0) is 4.84 Å². The molecule has 2 aromatic heterocycles. The molecule has 112 valence electrons. The van der Waals surface area contributed by atoms with Crippen molar-refractivity contribution in [1.29, 1.82) is 0 Å². The van der Waals surface area contributed by atoms with Crippen LogP contribution in [0.2, 0.25) is 0 Å². The topological polar surface area (TPSA) is 58.8 Å². The summed E-state index contributed by atoms with van der Waals surface area (Å²) in [5.41, 5.74) is 3.02. The van der Waals surface area contributed by atoms with Crippen LogP contribution in [0.4, 0.5) is 0 Å². The second kappa shape index (κ2) is 6.01. The van der Waals surface area contributed by atoms with Crippen LogP contribution in [0.3, 0.4) is 0 Å². The lowest BCUT2D eigenvalue weighted by Crippen LogP contribution is -2.34. The average Bonchev–Trinajstić information content (AvgIpc) is 3.12. The number of hydrogen-bond donors (Lipinski definition) is 2. The Labute approximate surface area is 127 Å². The molecule has 2 N–H and O–H groups in total. The number of nitrogens with one attached hydrogen (secondary N) is 1. The van der Waals surface area contributed by atoms with Crippen molar-refractivity contribution in [1.82, 2.24) is 9.88 Å². The first kappa shape index (κ1) is 14.3. The fourth-order valence-electron chi connectivity index (χ4n) is 2.28. The third kappa shape index (κ3) is 2.88. The van der Waals surface area contributed by atoms with Gasteiger partial charge in [0.1, 0.15) is 18.4 Å². The first-order chi connectivity index (χ1) is 10.2. The number of rotatable bonds is 6. The molecule has 3 rings (SSSR count). The van der Waals surface area contributed by atoms with Gasteiger partial charge in [0, 0.05) is 18.8 Å². The maximum Gasteiger partial charge on any atom is 0.146 e. The van der Waals surface area contributed by atoms with Gasteiger partial charge < -0.3 is 19.8 Å². The molecule has 0 saturated carbocycles. The molecule has 0 aromatic carbocycles. The Kier molecular flexibility index (Phi) is 4.10. The summed E-state index contributed by atoms with van der Waals surface area (Å²) in [5, 5.41) is 19.3. The zero-order chi connectivity index (χ0) is 14.8. The van der Waals surface area contributed by atoms with Crippen molar-refractivity contribution in [3.05, 3.63) is 40.3 Å². The highest BCUT2D eigenvalue weighted by Gasteiger charge is 2.26. The molecule has 0 aliphatic carbocycles. The van der Waals surface area contributed by atoms with E-state index in [2.05, 4.69) is 21.1 Å². The van der Waals surface area contributed by atoms with Gasteiger partial charge in [0.25, 0.3) is 0 Å². The number of aromatic nitrogens is 1. The van der Waals surface area contributed by atoms with Gasteiger partial charge in [-0.25, -0.2) is 0 Å². The van der Waals surface area contributed by atoms with Crippen LogP contribution in [0.1, 0.15) is 24.4 Å². The quantitative estimate of drug-likeness (QED) is 0.685. The Hall–Kier alpha value is -1.63. The minimum absolute atomic E-state index is 0.185. The molecular weight excluding hydrogens is 286 g/mol. The Morgan fingerprint density at radius 2 is 2.29 bits per heavy atom. The number of thiophene rings is 1. The van der Waals surface area contributed by atoms with E-state index in [9.17, 15) is 5.11 Å². The number of oxime groups is 1. The van der Waals surface area contributed by atoms with Crippen LogP contribution in [-0.4, -0.2) is 40.7 Å². The second-order valence-electron chi connectivity index (χ2n) is 5.35. The van der Waals surface area contributed by atoms with Crippen LogP contribution in [0, 0.1) is 0 Å². The first-order valence-corrected chi connectivity index (χ1v) is 7.92. The van der Waals surface area contributed by atoms with Gasteiger partial charge in [-0.3, -0.25) is 0 Å². The Balaban J connectivity index is 1.65. The first-order valence-electron chi connectivity index (χ1n) is 7.04. The summed E-state index contributed by atoms with van der Waals surface area (Å²) in [5.74, 6) is 0. The van der Waals surface area contributed by atoms with Gasteiger partial charge in [-0.05, 0) is 23.6 Å². The zero-order valence-electron chi connectivity index (χ0n) is 12.1. The fourth-order valence-corrected chi connectivity index (χ4v) is 3.15. The molecule has 3 heterocycles. The molecule has 1 atom stereocenters. The molecule has 1 aliphatic heterocycles. The largest absolute Gasteiger partial charge is 0.392 e. The lowest BCUT2D eigenvalue weighted by Gasteiger charge is -2.12. The molecule has 6 heteroatoms. The van der Waals surface area contributed by atoms with Gasteiger partial charge in [-0.2, -0.15) is 0 Å². The van der Waals surface area contributed by atoms with Crippen molar-refractivity contribution in [3.8, 4) is 5.69 Å². The number of nitrogens with zero attached hydrogens (tertiary/aromatic N) is 2. The molecule has 1 unspecified atom stereocenters. The standard InChI is InChI=1S/C15H19N3O2S/c1-10(2)16-8-11(19)9-20-17-14-12-4-3-6-18(12)13-5-7-21-15(13)14/h3-7,10-11,16,19H,8-9H2,1-2H3. The molecule has 2 aromatic rings. The van der Waals surface area contributed by atoms with Gasteiger partial charge in [0.05, 0.1) is 16.3 Å². The highest BCUT2D eigenvalue weighted by molar-refractivity contribution is 7.13. The normalized spacial score (nSPS) is 16.3. The smallest absolute Gasteiger partial charge is 0.146 e. The van der Waals surface area contributed by atoms with Crippen molar-refractivity contribution < 1.29 is 9.94 Å². The maximum atomic E-state index is 9.82. The van der Waals surface area contributed by atoms with E-state index in [0.717, 1.165) is 22.0 Å². The van der Waals surface area contributed by atoms with Crippen molar-refractivity contribution in [2.75, 3.05) is 13.2 Å². The SMILES string of the molecule is CC(C)NCC(O)CON=C1c2sccc2-n2cccc21. The molecule has 1 aliphatic rings. The van der Waals surface area contributed by atoms with Crippen LogP contribution >= 0.6 is 11.3 Å². The molecule has 5 nitrogen and oxygen atoms in total. The van der Waals surface area contributed by atoms with Gasteiger partial charge in [-0.15, -0.1) is 11.3 Å². The van der Waals surface area contributed by atoms with E-state index in [0.29, 0.717) is 12.6 Å². The summed E-state index contributed by atoms with van der Waals surface area (Å²) in [7, 11) is 0. The van der Waals surface area contributed by atoms with E-state index in [4.69, 9.17) is 4.84 Å². The summed E-state index contributed by atoms with van der Waals surface area (Å²) in [6, 6.07) is 6.43. The molecule has 0 radical (unpaired) electrons. The van der Waals surface area contributed by atoms with Gasteiger partial charge >= 0.3 is 0 Å². The van der Waals surface area contributed by atoms with Crippen molar-refractivity contribution in [2.45, 2.75) is 26.0 Å². The van der Waals surface area contributed by atoms with E-state index >= 15 is 0 Å². The Morgan fingerprint density at radius 1 is 1.43 bits per heavy atom. The van der Waals surface area contributed by atoms with Crippen LogP contribution < -0.4 is 5.32 Å². The molecular formula is C15H19N3O2S. The van der Waals surface area contributed by atoms with E-state index in [1.807, 2.05) is 37.6 Å². The number of aliphatic hydroxyl groups is 1. The van der Waals surface area contributed by atoms with Gasteiger partial charge in [-0.1, -0.05) is 19.0 Å². The molecule has 0 amide bonds.